The van der Waals surface area contributed by atoms with E-state index in [1.807, 2.05) is 18.2 Å². The zero-order valence-electron chi connectivity index (χ0n) is 14.9. The zero-order valence-corrected chi connectivity index (χ0v) is 16.5. The van der Waals surface area contributed by atoms with E-state index in [0.29, 0.717) is 23.7 Å². The number of rotatable bonds is 3. The maximum Gasteiger partial charge on any atom is 0.294 e. The van der Waals surface area contributed by atoms with Gasteiger partial charge in [0, 0.05) is 18.1 Å². The highest BCUT2D eigenvalue weighted by Crippen LogP contribution is 2.33. The minimum absolute atomic E-state index is 0.226. The van der Waals surface area contributed by atoms with E-state index in [4.69, 9.17) is 11.6 Å². The molecule has 0 radical (unpaired) electrons. The highest BCUT2D eigenvalue weighted by Gasteiger charge is 2.37. The van der Waals surface area contributed by atoms with Gasteiger partial charge < -0.3 is 4.90 Å². The first-order valence-corrected chi connectivity index (χ1v) is 10.1. The first-order chi connectivity index (χ1) is 13.5. The average Bonchev–Trinajstić information content (AvgIpc) is 2.96. The molecule has 4 rings (SSSR count). The molecule has 28 heavy (non-hydrogen) atoms. The number of carbonyl (C=O) groups is 3. The van der Waals surface area contributed by atoms with E-state index in [1.165, 1.54) is 5.56 Å². The monoisotopic (exact) mass is 412 g/mol. The van der Waals surface area contributed by atoms with Crippen LogP contribution in [0.5, 0.6) is 0 Å². The molecule has 2 aliphatic heterocycles. The fraction of sp³-hybridized carbons (Fsp3) is 0.190. The first kappa shape index (κ1) is 18.8. The van der Waals surface area contributed by atoms with Gasteiger partial charge in [-0.15, -0.1) is 0 Å². The summed E-state index contributed by atoms with van der Waals surface area (Å²) in [6.07, 6.45) is 2.37. The van der Waals surface area contributed by atoms with Crippen LogP contribution in [0, 0.1) is 0 Å². The van der Waals surface area contributed by atoms with Crippen LogP contribution in [0.3, 0.4) is 0 Å². The van der Waals surface area contributed by atoms with Gasteiger partial charge in [0.25, 0.3) is 11.1 Å². The summed E-state index contributed by atoms with van der Waals surface area (Å²) in [5.74, 6) is -0.684. The molecule has 0 spiro atoms. The van der Waals surface area contributed by atoms with Crippen molar-refractivity contribution in [1.29, 1.82) is 0 Å². The van der Waals surface area contributed by atoms with E-state index >= 15 is 0 Å². The maximum absolute atomic E-state index is 12.7. The summed E-state index contributed by atoms with van der Waals surface area (Å²) in [7, 11) is 0. The first-order valence-electron chi connectivity index (χ1n) is 8.87. The lowest BCUT2D eigenvalue weighted by molar-refractivity contribution is -0.136. The fourth-order valence-electron chi connectivity index (χ4n) is 3.31. The molecular weight excluding hydrogens is 396 g/mol. The molecule has 3 amide bonds. The molecule has 1 saturated heterocycles. The lowest BCUT2D eigenvalue weighted by Crippen LogP contribution is -2.44. The van der Waals surface area contributed by atoms with Crippen LogP contribution in [0.4, 0.5) is 4.79 Å². The Morgan fingerprint density at radius 1 is 1.07 bits per heavy atom. The fourth-order valence-corrected chi connectivity index (χ4v) is 4.33. The third-order valence-corrected chi connectivity index (χ3v) is 6.09. The molecule has 0 aliphatic carbocycles. The smallest absolute Gasteiger partial charge is 0.294 e. The van der Waals surface area contributed by atoms with Crippen molar-refractivity contribution in [3.8, 4) is 0 Å². The second-order valence-electron chi connectivity index (χ2n) is 6.62. The van der Waals surface area contributed by atoms with Crippen molar-refractivity contribution in [2.45, 2.75) is 13.0 Å². The zero-order chi connectivity index (χ0) is 19.7. The molecule has 0 aromatic heterocycles. The lowest BCUT2D eigenvalue weighted by atomic mass is 10.00. The summed E-state index contributed by atoms with van der Waals surface area (Å²) >= 11 is 6.96. The van der Waals surface area contributed by atoms with Crippen LogP contribution in [0.2, 0.25) is 5.02 Å². The Balaban J connectivity index is 1.47. The average molecular weight is 413 g/mol. The van der Waals surface area contributed by atoms with Crippen LogP contribution in [-0.2, 0) is 22.6 Å². The number of nitrogens with zero attached hydrogens (tertiary/aromatic N) is 2. The number of thioether (sulfide) groups is 1. The summed E-state index contributed by atoms with van der Waals surface area (Å²) in [5.41, 5.74) is 3.00. The molecule has 5 nitrogen and oxygen atoms in total. The van der Waals surface area contributed by atoms with Crippen molar-refractivity contribution in [3.05, 3.63) is 75.1 Å². The van der Waals surface area contributed by atoms with E-state index in [1.54, 1.807) is 35.2 Å². The van der Waals surface area contributed by atoms with Gasteiger partial charge in [0.15, 0.2) is 0 Å². The van der Waals surface area contributed by atoms with Crippen molar-refractivity contribution in [2.75, 3.05) is 13.1 Å². The van der Waals surface area contributed by atoms with Crippen molar-refractivity contribution in [1.82, 2.24) is 9.80 Å². The predicted octanol–water partition coefficient (Wildman–Crippen LogP) is 3.96. The van der Waals surface area contributed by atoms with E-state index < -0.39 is 11.1 Å². The summed E-state index contributed by atoms with van der Waals surface area (Å²) in [6, 6.07) is 15.1. The molecule has 2 aliphatic rings. The molecule has 2 heterocycles. The SMILES string of the molecule is O=C(CN1C(=O)S/C(=C/c2ccccc2Cl)C1=O)N1CCc2ccccc2C1. The highest BCUT2D eigenvalue weighted by molar-refractivity contribution is 8.18. The van der Waals surface area contributed by atoms with Gasteiger partial charge in [-0.1, -0.05) is 54.1 Å². The second kappa shape index (κ2) is 7.81. The summed E-state index contributed by atoms with van der Waals surface area (Å²) < 4.78 is 0. The third kappa shape index (κ3) is 3.70. The van der Waals surface area contributed by atoms with Crippen LogP contribution in [0.25, 0.3) is 6.08 Å². The highest BCUT2D eigenvalue weighted by atomic mass is 35.5. The predicted molar refractivity (Wildman–Crippen MR) is 110 cm³/mol. The molecule has 0 N–H and O–H groups in total. The Morgan fingerprint density at radius 2 is 1.79 bits per heavy atom. The normalized spacial score (nSPS) is 18.0. The number of amides is 3. The van der Waals surface area contributed by atoms with Crippen LogP contribution >= 0.6 is 23.4 Å². The molecule has 0 saturated carbocycles. The van der Waals surface area contributed by atoms with Gasteiger partial charge in [-0.05, 0) is 47.0 Å². The van der Waals surface area contributed by atoms with Crippen molar-refractivity contribution in [3.63, 3.8) is 0 Å². The molecule has 0 atom stereocenters. The minimum Gasteiger partial charge on any atom is -0.336 e. The standard InChI is InChI=1S/C21H17ClN2O3S/c22-17-8-4-3-6-15(17)11-18-20(26)24(21(27)28-18)13-19(25)23-10-9-14-5-1-2-7-16(14)12-23/h1-8,11H,9-10,12-13H2/b18-11+. The second-order valence-corrected chi connectivity index (χ2v) is 8.02. The number of hydrogen-bond donors (Lipinski definition) is 0. The molecule has 1 fully saturated rings. The Kier molecular flexibility index (Phi) is 5.24. The van der Waals surface area contributed by atoms with Gasteiger partial charge in [-0.25, -0.2) is 0 Å². The number of fused-ring (bicyclic) bond motifs is 1. The Bertz CT molecular complexity index is 1000. The topological polar surface area (TPSA) is 57.7 Å². The van der Waals surface area contributed by atoms with E-state index in [0.717, 1.165) is 28.6 Å². The molecular formula is C21H17ClN2O3S. The summed E-state index contributed by atoms with van der Waals surface area (Å²) in [5, 5.41) is 0.0615. The van der Waals surface area contributed by atoms with E-state index in [9.17, 15) is 14.4 Å². The third-order valence-electron chi connectivity index (χ3n) is 4.84. The van der Waals surface area contributed by atoms with Crippen LogP contribution in [-0.4, -0.2) is 39.9 Å². The van der Waals surface area contributed by atoms with Gasteiger partial charge >= 0.3 is 0 Å². The van der Waals surface area contributed by atoms with Gasteiger partial charge in [0.1, 0.15) is 6.54 Å². The van der Waals surface area contributed by atoms with Crippen molar-refractivity contribution < 1.29 is 14.4 Å². The van der Waals surface area contributed by atoms with Crippen molar-refractivity contribution >= 4 is 46.5 Å². The largest absolute Gasteiger partial charge is 0.336 e. The minimum atomic E-state index is -0.458. The molecule has 2 aromatic rings. The molecule has 142 valence electrons. The van der Waals surface area contributed by atoms with Gasteiger partial charge in [-0.2, -0.15) is 0 Å². The lowest BCUT2D eigenvalue weighted by Gasteiger charge is -2.29. The number of imide groups is 1. The quantitative estimate of drug-likeness (QED) is 0.716. The molecule has 0 unspecified atom stereocenters. The Morgan fingerprint density at radius 3 is 2.57 bits per heavy atom. The van der Waals surface area contributed by atoms with Crippen LogP contribution < -0.4 is 0 Å². The number of hydrogen-bond acceptors (Lipinski definition) is 4. The molecule has 7 heteroatoms. The Labute approximate surface area is 172 Å². The van der Waals surface area contributed by atoms with E-state index in [2.05, 4.69) is 6.07 Å². The number of benzene rings is 2. The van der Waals surface area contributed by atoms with Gasteiger partial charge in [0.05, 0.1) is 4.91 Å². The van der Waals surface area contributed by atoms with Crippen LogP contribution in [0.15, 0.2) is 53.4 Å². The number of carbonyl (C=O) groups excluding carboxylic acids is 3. The van der Waals surface area contributed by atoms with E-state index in [-0.39, 0.29) is 17.4 Å². The van der Waals surface area contributed by atoms with Gasteiger partial charge in [-0.3, -0.25) is 19.3 Å². The van der Waals surface area contributed by atoms with Crippen molar-refractivity contribution in [2.24, 2.45) is 0 Å². The summed E-state index contributed by atoms with van der Waals surface area (Å²) in [6.45, 7) is 0.842. The molecule has 2 aromatic carbocycles. The van der Waals surface area contributed by atoms with Crippen LogP contribution in [0.1, 0.15) is 16.7 Å². The van der Waals surface area contributed by atoms with Gasteiger partial charge in [0.2, 0.25) is 5.91 Å². The molecule has 0 bridgehead atoms. The maximum atomic E-state index is 12.7. The number of halogens is 1. The Hall–Kier alpha value is -2.57. The summed E-state index contributed by atoms with van der Waals surface area (Å²) in [4.78, 5) is 40.6.